The number of fused-ring (bicyclic) bond motifs is 2. The van der Waals surface area contributed by atoms with Crippen molar-refractivity contribution >= 4 is 58.1 Å². The van der Waals surface area contributed by atoms with Crippen LogP contribution >= 0.6 is 11.9 Å². The van der Waals surface area contributed by atoms with Crippen LogP contribution < -0.4 is 36.7 Å². The van der Waals surface area contributed by atoms with E-state index in [9.17, 15) is 28.8 Å². The number of nitrogens with two attached hydrogens (primary N) is 1. The van der Waals surface area contributed by atoms with Crippen molar-refractivity contribution < 1.29 is 28.7 Å². The number of carbonyl (C=O) groups excluding carboxylic acids is 5. The van der Waals surface area contributed by atoms with E-state index in [1.54, 1.807) is 30.3 Å². The third-order valence-electron chi connectivity index (χ3n) is 11.7. The third-order valence-corrected chi connectivity index (χ3v) is 12.1. The van der Waals surface area contributed by atoms with Gasteiger partial charge in [-0.15, -0.1) is 0 Å². The first-order chi connectivity index (χ1) is 29.1. The molecule has 16 heteroatoms. The Hall–Kier alpha value is -5.61. The molecule has 5 amide bonds. The van der Waals surface area contributed by atoms with E-state index in [1.165, 1.54) is 16.5 Å². The summed E-state index contributed by atoms with van der Waals surface area (Å²) in [7, 11) is 1.67. The monoisotopic (exact) mass is 838 g/mol. The number of rotatable bonds is 17. The highest BCUT2D eigenvalue weighted by Crippen LogP contribution is 2.40. The van der Waals surface area contributed by atoms with Crippen LogP contribution in [-0.2, 0) is 29.6 Å². The zero-order valence-corrected chi connectivity index (χ0v) is 35.1. The molecule has 7 N–H and O–H groups in total. The van der Waals surface area contributed by atoms with Crippen molar-refractivity contribution in [2.45, 2.75) is 95.7 Å². The number of ether oxygens (including phenoxy) is 1. The number of piperidine rings is 1. The van der Waals surface area contributed by atoms with E-state index in [0.717, 1.165) is 75.3 Å². The molecular weight excluding hydrogens is 785 g/mol. The van der Waals surface area contributed by atoms with Crippen molar-refractivity contribution in [3.63, 3.8) is 0 Å². The van der Waals surface area contributed by atoms with Crippen molar-refractivity contribution in [1.82, 2.24) is 30.4 Å². The van der Waals surface area contributed by atoms with Crippen LogP contribution in [-0.4, -0.2) is 82.0 Å². The van der Waals surface area contributed by atoms with E-state index >= 15 is 0 Å². The van der Waals surface area contributed by atoms with Crippen LogP contribution in [0.2, 0.25) is 0 Å². The Morgan fingerprint density at radius 1 is 0.917 bits per heavy atom. The van der Waals surface area contributed by atoms with Crippen LogP contribution in [0.5, 0.6) is 5.75 Å². The van der Waals surface area contributed by atoms with Crippen LogP contribution in [0.25, 0.3) is 22.0 Å². The van der Waals surface area contributed by atoms with E-state index < -0.39 is 11.9 Å². The fourth-order valence-corrected chi connectivity index (χ4v) is 8.95. The summed E-state index contributed by atoms with van der Waals surface area (Å²) in [5, 5.41) is 8.80. The summed E-state index contributed by atoms with van der Waals surface area (Å²) in [5.74, 6) is -0.951. The number of nitrogens with one attached hydrogen (secondary N) is 5. The summed E-state index contributed by atoms with van der Waals surface area (Å²) in [4.78, 5) is 82.2. The van der Waals surface area contributed by atoms with Gasteiger partial charge in [0.15, 0.2) is 0 Å². The molecule has 1 saturated heterocycles. The summed E-state index contributed by atoms with van der Waals surface area (Å²) < 4.78 is 11.5. The minimum absolute atomic E-state index is 0.0266. The van der Waals surface area contributed by atoms with Crippen LogP contribution in [0.1, 0.15) is 113 Å². The maximum absolute atomic E-state index is 13.9. The van der Waals surface area contributed by atoms with Crippen molar-refractivity contribution in [2.75, 3.05) is 30.6 Å². The molecule has 60 heavy (non-hydrogen) atoms. The van der Waals surface area contributed by atoms with Gasteiger partial charge in [-0.25, -0.2) is 0 Å². The predicted octanol–water partition coefficient (Wildman–Crippen LogP) is 4.92. The highest BCUT2D eigenvalue weighted by Gasteiger charge is 2.39. The number of nitrogens with zero attached hydrogens (tertiary/aromatic N) is 2. The van der Waals surface area contributed by atoms with Gasteiger partial charge in [0.1, 0.15) is 23.0 Å². The number of carbonyl (C=O) groups is 5. The zero-order chi connectivity index (χ0) is 42.3. The van der Waals surface area contributed by atoms with Crippen molar-refractivity contribution in [2.24, 2.45) is 12.8 Å². The lowest BCUT2D eigenvalue weighted by atomic mass is 9.96. The summed E-state index contributed by atoms with van der Waals surface area (Å²) in [5.41, 5.74) is 10.9. The van der Waals surface area contributed by atoms with Crippen LogP contribution in [0.15, 0.2) is 47.4 Å². The Morgan fingerprint density at radius 3 is 2.47 bits per heavy atom. The summed E-state index contributed by atoms with van der Waals surface area (Å²) in [6, 6.07) is 10.5. The van der Waals surface area contributed by atoms with Gasteiger partial charge in [-0.2, -0.15) is 0 Å². The zero-order valence-electron chi connectivity index (χ0n) is 34.2. The van der Waals surface area contributed by atoms with E-state index in [1.807, 2.05) is 30.5 Å². The number of imide groups is 1. The molecule has 15 nitrogen and oxygen atoms in total. The topological polar surface area (TPSA) is 210 Å². The lowest BCUT2D eigenvalue weighted by molar-refractivity contribution is -0.136. The Morgan fingerprint density at radius 2 is 1.70 bits per heavy atom. The molecule has 0 bridgehead atoms. The molecule has 2 aliphatic heterocycles. The largest absolute Gasteiger partial charge is 0.490 e. The maximum atomic E-state index is 13.9. The van der Waals surface area contributed by atoms with Gasteiger partial charge in [-0.1, -0.05) is 43.3 Å². The van der Waals surface area contributed by atoms with Crippen LogP contribution in [0.3, 0.4) is 0 Å². The van der Waals surface area contributed by atoms with E-state index in [0.29, 0.717) is 65.1 Å². The normalized spacial score (nSPS) is 16.8. The molecule has 1 saturated carbocycles. The SMILES string of the molecule is CSNc1cc(-c2cn(C)c(=O)c3[nH]c(C(=O)NCCN)cc23)c(OC2CCCCC2)cc1C(=O)NCCCCCCc1cccc2c1CN(C1CCC(=O)NC1=O)C2=O. The highest BCUT2D eigenvalue weighted by atomic mass is 32.2. The number of H-pyrrole nitrogens is 1. The molecule has 1 unspecified atom stereocenters. The molecule has 1 aliphatic carbocycles. The first-order valence-corrected chi connectivity index (χ1v) is 22.2. The quantitative estimate of drug-likeness (QED) is 0.0481. The molecule has 3 aliphatic rings. The molecule has 4 aromatic rings. The average molecular weight is 839 g/mol. The fraction of sp³-hybridized carbons (Fsp3) is 0.455. The summed E-state index contributed by atoms with van der Waals surface area (Å²) in [6.45, 7) is 1.42. The smallest absolute Gasteiger partial charge is 0.274 e. The number of benzene rings is 2. The summed E-state index contributed by atoms with van der Waals surface area (Å²) in [6.07, 6.45) is 13.5. The average Bonchev–Trinajstić information content (AvgIpc) is 3.84. The molecule has 318 valence electrons. The second-order valence-electron chi connectivity index (χ2n) is 15.8. The number of hydrogen-bond donors (Lipinski definition) is 6. The van der Waals surface area contributed by atoms with Gasteiger partial charge >= 0.3 is 0 Å². The minimum atomic E-state index is -0.639. The maximum Gasteiger partial charge on any atom is 0.274 e. The van der Waals surface area contributed by atoms with Crippen LogP contribution in [0, 0.1) is 0 Å². The first-order valence-electron chi connectivity index (χ1n) is 21.0. The molecule has 0 radical (unpaired) electrons. The van der Waals surface area contributed by atoms with E-state index in [2.05, 4.69) is 25.7 Å². The van der Waals surface area contributed by atoms with E-state index in [4.69, 9.17) is 10.5 Å². The number of hydrogen-bond acceptors (Lipinski definition) is 10. The number of amides is 5. The van der Waals surface area contributed by atoms with Crippen LogP contribution in [0.4, 0.5) is 5.69 Å². The van der Waals surface area contributed by atoms with Gasteiger partial charge in [0.25, 0.3) is 23.3 Å². The third kappa shape index (κ3) is 9.24. The Kier molecular flexibility index (Phi) is 13.6. The van der Waals surface area contributed by atoms with Gasteiger partial charge in [0, 0.05) is 74.2 Å². The lowest BCUT2D eigenvalue weighted by Crippen LogP contribution is -2.52. The van der Waals surface area contributed by atoms with Crippen molar-refractivity contribution in [3.8, 4) is 16.9 Å². The van der Waals surface area contributed by atoms with Gasteiger partial charge in [0.05, 0.1) is 17.4 Å². The Bertz CT molecular complexity index is 2350. The molecule has 2 fully saturated rings. The number of pyridine rings is 1. The number of aryl methyl sites for hydroxylation is 2. The molecule has 7 rings (SSSR count). The Labute approximate surface area is 353 Å². The molecule has 2 aromatic carbocycles. The number of anilines is 1. The number of aromatic nitrogens is 2. The molecular formula is C44H54N8O7S. The fourth-order valence-electron chi connectivity index (χ4n) is 8.56. The molecule has 4 heterocycles. The molecule has 0 spiro atoms. The van der Waals surface area contributed by atoms with E-state index in [-0.39, 0.29) is 59.5 Å². The van der Waals surface area contributed by atoms with Gasteiger partial charge in [-0.3, -0.25) is 34.1 Å². The van der Waals surface area contributed by atoms with Gasteiger partial charge in [-0.05, 0) is 86.8 Å². The first kappa shape index (κ1) is 42.5. The van der Waals surface area contributed by atoms with Crippen molar-refractivity contribution in [1.29, 1.82) is 0 Å². The summed E-state index contributed by atoms with van der Waals surface area (Å²) >= 11 is 1.36. The predicted molar refractivity (Wildman–Crippen MR) is 232 cm³/mol. The second-order valence-corrected chi connectivity index (χ2v) is 16.4. The van der Waals surface area contributed by atoms with Gasteiger partial charge in [0.2, 0.25) is 11.8 Å². The van der Waals surface area contributed by atoms with Gasteiger partial charge < -0.3 is 40.3 Å². The molecule has 1 atom stereocenters. The highest BCUT2D eigenvalue weighted by molar-refractivity contribution is 7.99. The lowest BCUT2D eigenvalue weighted by Gasteiger charge is -2.29. The standard InChI is InChI=1S/C44H54N8O7S/c1-51-24-33(30-22-35(41(55)47-20-18-45)48-39(30)44(51)58)29-21-34(50-60-2)31(23-37(29)59-27-13-7-5-8-14-27)40(54)46-19-9-4-3-6-11-26-12-10-15-28-32(26)25-52(43(28)57)36-16-17-38(53)49-42(36)56/h10,12,15,21-24,27,36,48,50H,3-9,11,13-14,16-20,25,45H2,1-2H3,(H,46,54)(H,47,55)(H,49,53,56). The second kappa shape index (κ2) is 19.2. The molecule has 2 aromatic heterocycles. The number of unbranched alkanes of at least 4 members (excludes halogenated alkanes) is 3. The Balaban J connectivity index is 1.03. The number of aromatic amines is 1. The van der Waals surface area contributed by atoms with Crippen molar-refractivity contribution in [3.05, 3.63) is 80.9 Å². The minimum Gasteiger partial charge on any atom is -0.490 e.